The van der Waals surface area contributed by atoms with Crippen LogP contribution in [-0.2, 0) is 0 Å². The van der Waals surface area contributed by atoms with Gasteiger partial charge in [0.1, 0.15) is 0 Å². The van der Waals surface area contributed by atoms with Crippen molar-refractivity contribution in [2.24, 2.45) is 0 Å². The average molecular weight is 184 g/mol. The van der Waals surface area contributed by atoms with Gasteiger partial charge in [-0.1, -0.05) is 12.2 Å². The minimum absolute atomic E-state index is 0.655. The standard InChI is InChI=1S/C11H24N2/c1-11(2)13(5)10-8-6-7-9-12(3)4/h6-7,11H,8-10H2,1-5H3/b7-6-. The summed E-state index contributed by atoms with van der Waals surface area (Å²) in [6.07, 6.45) is 5.65. The maximum Gasteiger partial charge on any atom is 0.0157 e. The van der Waals surface area contributed by atoms with Crippen molar-refractivity contribution in [2.75, 3.05) is 34.2 Å². The molecule has 0 N–H and O–H groups in total. The van der Waals surface area contributed by atoms with Crippen LogP contribution in [0, 0.1) is 0 Å². The summed E-state index contributed by atoms with van der Waals surface area (Å²) in [4.78, 5) is 4.53. The smallest absolute Gasteiger partial charge is 0.0157 e. The van der Waals surface area contributed by atoms with Crippen molar-refractivity contribution in [3.8, 4) is 0 Å². The van der Waals surface area contributed by atoms with Crippen molar-refractivity contribution < 1.29 is 0 Å². The van der Waals surface area contributed by atoms with Crippen LogP contribution in [0.3, 0.4) is 0 Å². The maximum absolute atomic E-state index is 2.36. The topological polar surface area (TPSA) is 6.48 Å². The van der Waals surface area contributed by atoms with Crippen LogP contribution in [0.4, 0.5) is 0 Å². The molecule has 13 heavy (non-hydrogen) atoms. The molecule has 0 aliphatic heterocycles. The average Bonchev–Trinajstić information content (AvgIpc) is 2.02. The molecular formula is C11H24N2. The highest BCUT2D eigenvalue weighted by Crippen LogP contribution is 1.95. The zero-order valence-electron chi connectivity index (χ0n) is 9.75. The van der Waals surface area contributed by atoms with Gasteiger partial charge in [-0.2, -0.15) is 0 Å². The highest BCUT2D eigenvalue weighted by molar-refractivity contribution is 4.84. The molecule has 0 fully saturated rings. The first-order valence-electron chi connectivity index (χ1n) is 5.04. The first kappa shape index (κ1) is 12.7. The molecule has 78 valence electrons. The molecule has 0 bridgehead atoms. The minimum atomic E-state index is 0.655. The quantitative estimate of drug-likeness (QED) is 0.581. The van der Waals surface area contributed by atoms with E-state index < -0.39 is 0 Å². The Morgan fingerprint density at radius 2 is 1.69 bits per heavy atom. The molecule has 0 aromatic carbocycles. The zero-order valence-corrected chi connectivity index (χ0v) is 9.75. The summed E-state index contributed by atoms with van der Waals surface area (Å²) in [5.74, 6) is 0. The van der Waals surface area contributed by atoms with Crippen molar-refractivity contribution >= 4 is 0 Å². The van der Waals surface area contributed by atoms with E-state index in [-0.39, 0.29) is 0 Å². The van der Waals surface area contributed by atoms with Gasteiger partial charge in [-0.25, -0.2) is 0 Å². The Kier molecular flexibility index (Phi) is 6.92. The monoisotopic (exact) mass is 184 g/mol. The molecule has 0 unspecified atom stereocenters. The van der Waals surface area contributed by atoms with Crippen LogP contribution < -0.4 is 0 Å². The van der Waals surface area contributed by atoms with Gasteiger partial charge in [-0.15, -0.1) is 0 Å². The molecule has 0 atom stereocenters. The Bertz CT molecular complexity index is 139. The van der Waals surface area contributed by atoms with E-state index >= 15 is 0 Å². The highest BCUT2D eigenvalue weighted by atomic mass is 15.1. The molecule has 0 aliphatic rings. The van der Waals surface area contributed by atoms with Crippen molar-refractivity contribution in [2.45, 2.75) is 26.3 Å². The maximum atomic E-state index is 2.36. The molecule has 2 heteroatoms. The van der Waals surface area contributed by atoms with Crippen LogP contribution in [0.1, 0.15) is 20.3 Å². The van der Waals surface area contributed by atoms with Gasteiger partial charge >= 0.3 is 0 Å². The Morgan fingerprint density at radius 3 is 2.15 bits per heavy atom. The second kappa shape index (κ2) is 7.10. The number of likely N-dealkylation sites (N-methyl/N-ethyl adjacent to an activating group) is 1. The Morgan fingerprint density at radius 1 is 1.08 bits per heavy atom. The van der Waals surface area contributed by atoms with Crippen LogP contribution in [0.2, 0.25) is 0 Å². The SMILES string of the molecule is CC(C)N(C)CC/C=C\CN(C)C. The third-order valence-electron chi connectivity index (χ3n) is 2.17. The van der Waals surface area contributed by atoms with Gasteiger partial charge < -0.3 is 9.80 Å². The Balaban J connectivity index is 3.39. The van der Waals surface area contributed by atoms with E-state index in [1.807, 2.05) is 0 Å². The lowest BCUT2D eigenvalue weighted by atomic mass is 10.3. The third kappa shape index (κ3) is 8.00. The van der Waals surface area contributed by atoms with Gasteiger partial charge in [-0.05, 0) is 41.4 Å². The van der Waals surface area contributed by atoms with E-state index in [1.54, 1.807) is 0 Å². The fraction of sp³-hybridized carbons (Fsp3) is 0.818. The molecule has 2 nitrogen and oxygen atoms in total. The summed E-state index contributed by atoms with van der Waals surface area (Å²) < 4.78 is 0. The number of hydrogen-bond donors (Lipinski definition) is 0. The van der Waals surface area contributed by atoms with Gasteiger partial charge in [0.2, 0.25) is 0 Å². The largest absolute Gasteiger partial charge is 0.306 e. The second-order valence-corrected chi connectivity index (χ2v) is 4.10. The normalized spacial score (nSPS) is 12.6. The van der Waals surface area contributed by atoms with Crippen molar-refractivity contribution in [1.82, 2.24) is 9.80 Å². The van der Waals surface area contributed by atoms with Gasteiger partial charge in [0.05, 0.1) is 0 Å². The fourth-order valence-corrected chi connectivity index (χ4v) is 0.940. The summed E-state index contributed by atoms with van der Waals surface area (Å²) in [5, 5.41) is 0. The van der Waals surface area contributed by atoms with E-state index in [0.717, 1.165) is 19.5 Å². The molecule has 0 aliphatic carbocycles. The second-order valence-electron chi connectivity index (χ2n) is 4.10. The molecule has 0 aromatic rings. The summed E-state index contributed by atoms with van der Waals surface area (Å²) in [5.41, 5.74) is 0. The van der Waals surface area contributed by atoms with Crippen LogP contribution in [0.5, 0.6) is 0 Å². The highest BCUT2D eigenvalue weighted by Gasteiger charge is 1.99. The predicted molar refractivity (Wildman–Crippen MR) is 60.1 cm³/mol. The lowest BCUT2D eigenvalue weighted by molar-refractivity contribution is 0.279. The molecule has 0 aromatic heterocycles. The van der Waals surface area contributed by atoms with Crippen LogP contribution in [-0.4, -0.2) is 50.1 Å². The van der Waals surface area contributed by atoms with E-state index in [1.165, 1.54) is 0 Å². The van der Waals surface area contributed by atoms with Crippen molar-refractivity contribution in [1.29, 1.82) is 0 Å². The first-order chi connectivity index (χ1) is 6.04. The third-order valence-corrected chi connectivity index (χ3v) is 2.17. The van der Waals surface area contributed by atoms with Crippen LogP contribution in [0.25, 0.3) is 0 Å². The van der Waals surface area contributed by atoms with Crippen molar-refractivity contribution in [3.63, 3.8) is 0 Å². The number of rotatable bonds is 6. The van der Waals surface area contributed by atoms with E-state index in [0.29, 0.717) is 6.04 Å². The van der Waals surface area contributed by atoms with Gasteiger partial charge in [0.25, 0.3) is 0 Å². The molecule has 0 amide bonds. The lowest BCUT2D eigenvalue weighted by Crippen LogP contribution is -2.26. The summed E-state index contributed by atoms with van der Waals surface area (Å²) >= 11 is 0. The van der Waals surface area contributed by atoms with E-state index in [9.17, 15) is 0 Å². The van der Waals surface area contributed by atoms with Gasteiger partial charge in [0.15, 0.2) is 0 Å². The molecular weight excluding hydrogens is 160 g/mol. The molecule has 0 spiro atoms. The molecule has 0 saturated carbocycles. The Labute approximate surface area is 83.2 Å². The summed E-state index contributed by atoms with van der Waals surface area (Å²) in [7, 11) is 6.35. The van der Waals surface area contributed by atoms with Gasteiger partial charge in [-0.3, -0.25) is 0 Å². The van der Waals surface area contributed by atoms with E-state index in [2.05, 4.69) is 56.9 Å². The van der Waals surface area contributed by atoms with Crippen LogP contribution in [0.15, 0.2) is 12.2 Å². The first-order valence-corrected chi connectivity index (χ1v) is 5.04. The molecule has 0 rings (SSSR count). The van der Waals surface area contributed by atoms with Gasteiger partial charge in [0, 0.05) is 19.1 Å². The van der Waals surface area contributed by atoms with Crippen molar-refractivity contribution in [3.05, 3.63) is 12.2 Å². The minimum Gasteiger partial charge on any atom is -0.306 e. The van der Waals surface area contributed by atoms with E-state index in [4.69, 9.17) is 0 Å². The molecule has 0 saturated heterocycles. The van der Waals surface area contributed by atoms with Crippen LogP contribution >= 0.6 is 0 Å². The fourth-order valence-electron chi connectivity index (χ4n) is 0.940. The predicted octanol–water partition coefficient (Wildman–Crippen LogP) is 1.83. The number of hydrogen-bond acceptors (Lipinski definition) is 2. The number of nitrogens with zero attached hydrogens (tertiary/aromatic N) is 2. The zero-order chi connectivity index (χ0) is 10.3. The Hall–Kier alpha value is -0.340. The lowest BCUT2D eigenvalue weighted by Gasteiger charge is -2.19. The summed E-state index contributed by atoms with van der Waals surface area (Å²) in [6.45, 7) is 6.65. The summed E-state index contributed by atoms with van der Waals surface area (Å²) in [6, 6.07) is 0.655. The molecule has 0 heterocycles. The molecule has 0 radical (unpaired) electrons.